The lowest BCUT2D eigenvalue weighted by molar-refractivity contribution is 0.607. The second-order valence-electron chi connectivity index (χ2n) is 4.29. The van der Waals surface area contributed by atoms with Gasteiger partial charge >= 0.3 is 0 Å². The molecule has 0 atom stereocenters. The average molecular weight is 234 g/mol. The maximum absolute atomic E-state index is 5.87. The van der Waals surface area contributed by atoms with Gasteiger partial charge in [-0.3, -0.25) is 0 Å². The van der Waals surface area contributed by atoms with Crippen LogP contribution in [0.5, 0.6) is 0 Å². The van der Waals surface area contributed by atoms with Gasteiger partial charge in [0, 0.05) is 10.8 Å². The molecule has 2 heteroatoms. The van der Waals surface area contributed by atoms with Gasteiger partial charge in [-0.1, -0.05) is 30.3 Å². The second kappa shape index (κ2) is 3.50. The van der Waals surface area contributed by atoms with Gasteiger partial charge in [-0.2, -0.15) is 0 Å². The van der Waals surface area contributed by atoms with Crippen molar-refractivity contribution in [2.75, 3.05) is 0 Å². The number of hydrogen-bond acceptors (Lipinski definition) is 2. The Bertz CT molecular complexity index is 803. The number of fused-ring (bicyclic) bond motifs is 2. The Labute approximate surface area is 103 Å². The van der Waals surface area contributed by atoms with Crippen molar-refractivity contribution in [1.82, 2.24) is 0 Å². The maximum atomic E-state index is 5.87. The fourth-order valence-electron chi connectivity index (χ4n) is 2.30. The van der Waals surface area contributed by atoms with Crippen LogP contribution in [0.3, 0.4) is 0 Å². The minimum atomic E-state index is 0.844. The van der Waals surface area contributed by atoms with Crippen LogP contribution in [-0.2, 0) is 0 Å². The quantitative estimate of drug-likeness (QED) is 0.470. The van der Waals surface area contributed by atoms with Gasteiger partial charge in [0.05, 0.1) is 11.8 Å². The molecule has 0 aliphatic rings. The smallest absolute Gasteiger partial charge is 0.144 e. The van der Waals surface area contributed by atoms with E-state index in [9.17, 15) is 0 Å². The zero-order chi connectivity index (χ0) is 11.9. The van der Waals surface area contributed by atoms with Crippen LogP contribution >= 0.6 is 0 Å². The third-order valence-electron chi connectivity index (χ3n) is 3.17. The van der Waals surface area contributed by atoms with Crippen molar-refractivity contribution in [2.24, 2.45) is 0 Å². The molecule has 0 N–H and O–H groups in total. The van der Waals surface area contributed by atoms with E-state index >= 15 is 0 Å². The van der Waals surface area contributed by atoms with E-state index in [2.05, 4.69) is 0 Å². The van der Waals surface area contributed by atoms with Crippen LogP contribution in [0.15, 0.2) is 69.7 Å². The van der Waals surface area contributed by atoms with Gasteiger partial charge < -0.3 is 8.83 Å². The second-order valence-corrected chi connectivity index (χ2v) is 4.29. The van der Waals surface area contributed by atoms with E-state index in [4.69, 9.17) is 8.83 Å². The SMILES string of the molecule is c1ccc2oc(-c3cccc4ccoc34)cc2c1. The highest BCUT2D eigenvalue weighted by atomic mass is 16.3. The Morgan fingerprint density at radius 1 is 0.778 bits per heavy atom. The molecule has 2 aromatic carbocycles. The van der Waals surface area contributed by atoms with Crippen molar-refractivity contribution in [3.05, 3.63) is 60.9 Å². The lowest BCUT2D eigenvalue weighted by Crippen LogP contribution is -1.73. The normalized spacial score (nSPS) is 11.3. The highest BCUT2D eigenvalue weighted by Crippen LogP contribution is 2.33. The van der Waals surface area contributed by atoms with E-state index in [0.29, 0.717) is 0 Å². The molecule has 0 amide bonds. The van der Waals surface area contributed by atoms with E-state index in [-0.39, 0.29) is 0 Å². The first-order chi connectivity index (χ1) is 8.92. The Morgan fingerprint density at radius 2 is 1.67 bits per heavy atom. The Kier molecular flexibility index (Phi) is 1.86. The molecule has 2 nitrogen and oxygen atoms in total. The number of rotatable bonds is 1. The minimum absolute atomic E-state index is 0.844. The fraction of sp³-hybridized carbons (Fsp3) is 0. The van der Waals surface area contributed by atoms with Gasteiger partial charge in [0.15, 0.2) is 0 Å². The molecule has 0 unspecified atom stereocenters. The molecule has 2 heterocycles. The van der Waals surface area contributed by atoms with Gasteiger partial charge in [0.2, 0.25) is 0 Å². The summed E-state index contributed by atoms with van der Waals surface area (Å²) in [4.78, 5) is 0. The maximum Gasteiger partial charge on any atom is 0.144 e. The van der Waals surface area contributed by atoms with Gasteiger partial charge in [-0.05, 0) is 24.3 Å². The van der Waals surface area contributed by atoms with Crippen LogP contribution in [-0.4, -0.2) is 0 Å². The van der Waals surface area contributed by atoms with Crippen LogP contribution < -0.4 is 0 Å². The van der Waals surface area contributed by atoms with Crippen molar-refractivity contribution in [3.63, 3.8) is 0 Å². The van der Waals surface area contributed by atoms with Crippen molar-refractivity contribution in [3.8, 4) is 11.3 Å². The Morgan fingerprint density at radius 3 is 2.61 bits per heavy atom. The Hall–Kier alpha value is -2.48. The minimum Gasteiger partial charge on any atom is -0.464 e. The molecular formula is C16H10O2. The van der Waals surface area contributed by atoms with Crippen molar-refractivity contribution < 1.29 is 8.83 Å². The summed E-state index contributed by atoms with van der Waals surface area (Å²) in [6.07, 6.45) is 1.71. The molecule has 86 valence electrons. The summed E-state index contributed by atoms with van der Waals surface area (Å²) in [6, 6.07) is 18.1. The zero-order valence-electron chi connectivity index (χ0n) is 9.59. The first kappa shape index (κ1) is 9.54. The van der Waals surface area contributed by atoms with Crippen LogP contribution in [0, 0.1) is 0 Å². The van der Waals surface area contributed by atoms with Gasteiger partial charge in [-0.25, -0.2) is 0 Å². The third kappa shape index (κ3) is 1.29. The van der Waals surface area contributed by atoms with Crippen LogP contribution in [0.2, 0.25) is 0 Å². The van der Waals surface area contributed by atoms with Crippen LogP contribution in [0.4, 0.5) is 0 Å². The number of hydrogen-bond donors (Lipinski definition) is 0. The summed E-state index contributed by atoms with van der Waals surface area (Å²) < 4.78 is 11.4. The predicted molar refractivity (Wildman–Crippen MR) is 71.4 cm³/mol. The van der Waals surface area contributed by atoms with E-state index in [0.717, 1.165) is 33.3 Å². The predicted octanol–water partition coefficient (Wildman–Crippen LogP) is 4.85. The van der Waals surface area contributed by atoms with Crippen molar-refractivity contribution in [2.45, 2.75) is 0 Å². The largest absolute Gasteiger partial charge is 0.464 e. The molecule has 0 radical (unpaired) electrons. The van der Waals surface area contributed by atoms with Crippen molar-refractivity contribution >= 4 is 21.9 Å². The van der Waals surface area contributed by atoms with Crippen molar-refractivity contribution in [1.29, 1.82) is 0 Å². The number of para-hydroxylation sites is 2. The lowest BCUT2D eigenvalue weighted by atomic mass is 10.1. The first-order valence-electron chi connectivity index (χ1n) is 5.87. The third-order valence-corrected chi connectivity index (χ3v) is 3.17. The number of benzene rings is 2. The van der Waals surface area contributed by atoms with Gasteiger partial charge in [-0.15, -0.1) is 0 Å². The molecule has 0 saturated heterocycles. The molecule has 0 aliphatic heterocycles. The summed E-state index contributed by atoms with van der Waals surface area (Å²) in [5.41, 5.74) is 2.77. The van der Waals surface area contributed by atoms with Gasteiger partial charge in [0.1, 0.15) is 16.9 Å². The van der Waals surface area contributed by atoms with E-state index < -0.39 is 0 Å². The lowest BCUT2D eigenvalue weighted by Gasteiger charge is -1.97. The monoisotopic (exact) mass is 234 g/mol. The fourth-order valence-corrected chi connectivity index (χ4v) is 2.30. The molecule has 2 aromatic heterocycles. The topological polar surface area (TPSA) is 26.3 Å². The summed E-state index contributed by atoms with van der Waals surface area (Å²) in [5.74, 6) is 0.844. The summed E-state index contributed by atoms with van der Waals surface area (Å²) in [5, 5.41) is 2.20. The van der Waals surface area contributed by atoms with E-state index in [1.807, 2.05) is 54.6 Å². The molecule has 0 spiro atoms. The summed E-state index contributed by atoms with van der Waals surface area (Å²) in [7, 11) is 0. The molecule has 0 aliphatic carbocycles. The van der Waals surface area contributed by atoms with Crippen LogP contribution in [0.25, 0.3) is 33.3 Å². The van der Waals surface area contributed by atoms with E-state index in [1.54, 1.807) is 6.26 Å². The molecule has 4 aromatic rings. The summed E-state index contributed by atoms with van der Waals surface area (Å²) >= 11 is 0. The highest BCUT2D eigenvalue weighted by molar-refractivity contribution is 5.93. The average Bonchev–Trinajstić information content (AvgIpc) is 3.04. The van der Waals surface area contributed by atoms with E-state index in [1.165, 1.54) is 0 Å². The number of furan rings is 2. The van der Waals surface area contributed by atoms with Gasteiger partial charge in [0.25, 0.3) is 0 Å². The molecule has 18 heavy (non-hydrogen) atoms. The Balaban J connectivity index is 2.04. The molecule has 0 saturated carbocycles. The highest BCUT2D eigenvalue weighted by Gasteiger charge is 2.10. The standard InChI is InChI=1S/C16H10O2/c1-2-7-14-12(4-1)10-15(18-14)13-6-3-5-11-8-9-17-16(11)13/h1-10H. The molecule has 0 fully saturated rings. The first-order valence-corrected chi connectivity index (χ1v) is 5.87. The van der Waals surface area contributed by atoms with Crippen LogP contribution in [0.1, 0.15) is 0 Å². The molecule has 0 bridgehead atoms. The molecule has 4 rings (SSSR count). The summed E-state index contributed by atoms with van der Waals surface area (Å²) in [6.45, 7) is 0. The zero-order valence-corrected chi connectivity index (χ0v) is 9.59. The molecular weight excluding hydrogens is 224 g/mol.